The maximum absolute atomic E-state index is 13.1. The Morgan fingerprint density at radius 3 is 2.72 bits per heavy atom. The number of pyridine rings is 1. The van der Waals surface area contributed by atoms with Gasteiger partial charge in [0, 0.05) is 43.0 Å². The third-order valence-corrected chi connectivity index (χ3v) is 5.32. The molecule has 8 nitrogen and oxygen atoms in total. The fourth-order valence-electron chi connectivity index (χ4n) is 3.69. The van der Waals surface area contributed by atoms with Crippen LogP contribution >= 0.6 is 0 Å². The minimum absolute atomic E-state index is 0.0310. The largest absolute Gasteiger partial charge is 0.493 e. The number of carboxylic acids is 1. The van der Waals surface area contributed by atoms with Crippen LogP contribution in [0.1, 0.15) is 29.3 Å². The van der Waals surface area contributed by atoms with Crippen LogP contribution in [0.2, 0.25) is 0 Å². The number of aliphatic carboxylic acids is 1. The standard InChI is InChI=1S/C19H23N3O3.C2HF3O2/c1-3-12-8-13-9-17-15(10-16(13)21-18(12)24-2)19(23)22-6-5-20-11-14(22)4-7-25-17;3-2(4,5)1(6)7/h8-10,14,20H,3-7,11H2,1-2H3;(H,6,7)/t14-;/m0./s1. The van der Waals surface area contributed by atoms with Crippen molar-refractivity contribution < 1.29 is 37.3 Å². The smallest absolute Gasteiger partial charge is 0.490 e. The first-order valence-corrected chi connectivity index (χ1v) is 10.1. The highest BCUT2D eigenvalue weighted by molar-refractivity contribution is 6.01. The van der Waals surface area contributed by atoms with Gasteiger partial charge in [0.2, 0.25) is 5.88 Å². The second-order valence-corrected chi connectivity index (χ2v) is 7.35. The van der Waals surface area contributed by atoms with E-state index in [0.29, 0.717) is 23.8 Å². The van der Waals surface area contributed by atoms with E-state index in [1.807, 2.05) is 17.0 Å². The molecule has 2 aliphatic rings. The van der Waals surface area contributed by atoms with Crippen molar-refractivity contribution in [1.29, 1.82) is 0 Å². The molecular formula is C21H24F3N3O5. The van der Waals surface area contributed by atoms with E-state index in [2.05, 4.69) is 23.3 Å². The Balaban J connectivity index is 0.000000360. The minimum atomic E-state index is -5.08. The second-order valence-electron chi connectivity index (χ2n) is 7.35. The number of fused-ring (bicyclic) bond motifs is 3. The van der Waals surface area contributed by atoms with Crippen LogP contribution in [0.15, 0.2) is 18.2 Å². The summed E-state index contributed by atoms with van der Waals surface area (Å²) < 4.78 is 43.1. The average molecular weight is 455 g/mol. The minimum Gasteiger partial charge on any atom is -0.493 e. The molecule has 2 aliphatic heterocycles. The maximum Gasteiger partial charge on any atom is 0.490 e. The number of nitrogens with zero attached hydrogens (tertiary/aromatic N) is 2. The topological polar surface area (TPSA) is 101 Å². The molecule has 4 rings (SSSR count). The van der Waals surface area contributed by atoms with Crippen molar-refractivity contribution in [3.63, 3.8) is 0 Å². The van der Waals surface area contributed by atoms with Crippen molar-refractivity contribution in [2.75, 3.05) is 33.4 Å². The molecule has 1 atom stereocenters. The van der Waals surface area contributed by atoms with Gasteiger partial charge in [0.15, 0.2) is 0 Å². The number of carboxylic acid groups (broad SMARTS) is 1. The molecule has 0 radical (unpaired) electrons. The van der Waals surface area contributed by atoms with Crippen molar-refractivity contribution in [2.45, 2.75) is 32.0 Å². The number of nitrogens with one attached hydrogen (secondary N) is 1. The molecule has 2 N–H and O–H groups in total. The zero-order valence-electron chi connectivity index (χ0n) is 17.7. The van der Waals surface area contributed by atoms with Gasteiger partial charge in [-0.15, -0.1) is 0 Å². The molecule has 1 aromatic heterocycles. The van der Waals surface area contributed by atoms with Gasteiger partial charge in [-0.25, -0.2) is 9.78 Å². The van der Waals surface area contributed by atoms with Crippen molar-refractivity contribution in [2.24, 2.45) is 0 Å². The molecule has 0 aliphatic carbocycles. The third-order valence-electron chi connectivity index (χ3n) is 5.32. The van der Waals surface area contributed by atoms with E-state index in [-0.39, 0.29) is 11.9 Å². The quantitative estimate of drug-likeness (QED) is 0.718. The summed E-state index contributed by atoms with van der Waals surface area (Å²) in [6, 6.07) is 6.05. The molecule has 32 heavy (non-hydrogen) atoms. The van der Waals surface area contributed by atoms with Crippen LogP contribution in [0, 0.1) is 0 Å². The molecule has 0 saturated carbocycles. The lowest BCUT2D eigenvalue weighted by Gasteiger charge is -2.38. The van der Waals surface area contributed by atoms with Gasteiger partial charge in [0.1, 0.15) is 5.75 Å². The van der Waals surface area contributed by atoms with Crippen molar-refractivity contribution in [1.82, 2.24) is 15.2 Å². The zero-order chi connectivity index (χ0) is 23.5. The first kappa shape index (κ1) is 23.6. The Morgan fingerprint density at radius 1 is 1.38 bits per heavy atom. The number of carbonyl (C=O) groups is 2. The summed E-state index contributed by atoms with van der Waals surface area (Å²) in [6.45, 7) is 5.07. The van der Waals surface area contributed by atoms with E-state index >= 15 is 0 Å². The summed E-state index contributed by atoms with van der Waals surface area (Å²) in [5, 5.41) is 11.5. The van der Waals surface area contributed by atoms with Gasteiger partial charge in [-0.05, 0) is 24.6 Å². The van der Waals surface area contributed by atoms with Crippen molar-refractivity contribution in [3.05, 3.63) is 29.3 Å². The Kier molecular flexibility index (Phi) is 7.07. The van der Waals surface area contributed by atoms with Gasteiger partial charge in [0.25, 0.3) is 5.91 Å². The summed E-state index contributed by atoms with van der Waals surface area (Å²) in [4.78, 5) is 28.6. The first-order valence-electron chi connectivity index (χ1n) is 10.1. The summed E-state index contributed by atoms with van der Waals surface area (Å²) in [5.74, 6) is -1.45. The molecule has 3 heterocycles. The number of methoxy groups -OCH3 is 1. The Hall–Kier alpha value is -3.08. The lowest BCUT2D eigenvalue weighted by atomic mass is 10.0. The number of aryl methyl sites for hydroxylation is 1. The van der Waals surface area contributed by atoms with Crippen LogP contribution < -0.4 is 14.8 Å². The highest BCUT2D eigenvalue weighted by Gasteiger charge is 2.38. The number of hydrogen-bond donors (Lipinski definition) is 2. The van der Waals surface area contributed by atoms with E-state index < -0.39 is 12.1 Å². The van der Waals surface area contributed by atoms with Crippen LogP contribution in [-0.2, 0) is 11.2 Å². The Morgan fingerprint density at radius 2 is 2.09 bits per heavy atom. The Labute approximate surface area is 182 Å². The van der Waals surface area contributed by atoms with E-state index in [0.717, 1.165) is 48.9 Å². The third kappa shape index (κ3) is 5.04. The average Bonchev–Trinajstić information content (AvgIpc) is 2.76. The first-order chi connectivity index (χ1) is 15.2. The van der Waals surface area contributed by atoms with Crippen molar-refractivity contribution in [3.8, 4) is 11.6 Å². The lowest BCUT2D eigenvalue weighted by molar-refractivity contribution is -0.192. The number of ether oxygens (including phenoxy) is 2. The number of hydrogen-bond acceptors (Lipinski definition) is 6. The van der Waals surface area contributed by atoms with E-state index in [4.69, 9.17) is 19.4 Å². The number of amides is 1. The molecule has 0 spiro atoms. The van der Waals surface area contributed by atoms with Gasteiger partial charge in [0.05, 0.1) is 24.8 Å². The van der Waals surface area contributed by atoms with Crippen LogP contribution in [0.4, 0.5) is 13.2 Å². The fourth-order valence-corrected chi connectivity index (χ4v) is 3.69. The maximum atomic E-state index is 13.1. The predicted molar refractivity (Wildman–Crippen MR) is 109 cm³/mol. The van der Waals surface area contributed by atoms with Gasteiger partial charge < -0.3 is 24.8 Å². The van der Waals surface area contributed by atoms with E-state index in [1.165, 1.54) is 0 Å². The number of rotatable bonds is 2. The number of benzene rings is 1. The number of carbonyl (C=O) groups excluding carboxylic acids is 1. The number of piperazine rings is 1. The highest BCUT2D eigenvalue weighted by atomic mass is 19.4. The molecule has 1 fully saturated rings. The zero-order valence-corrected chi connectivity index (χ0v) is 17.7. The predicted octanol–water partition coefficient (Wildman–Crippen LogP) is 2.64. The normalized spacial score (nSPS) is 18.3. The molecule has 2 aromatic rings. The molecule has 1 amide bonds. The summed E-state index contributed by atoms with van der Waals surface area (Å²) >= 11 is 0. The molecule has 1 aromatic carbocycles. The van der Waals surface area contributed by atoms with Crippen LogP contribution in [0.3, 0.4) is 0 Å². The number of alkyl halides is 3. The fraction of sp³-hybridized carbons (Fsp3) is 0.476. The summed E-state index contributed by atoms with van der Waals surface area (Å²) in [5.41, 5.74) is 2.41. The van der Waals surface area contributed by atoms with Crippen LogP contribution in [0.5, 0.6) is 11.6 Å². The van der Waals surface area contributed by atoms with Gasteiger partial charge >= 0.3 is 12.1 Å². The highest BCUT2D eigenvalue weighted by Crippen LogP contribution is 2.32. The lowest BCUT2D eigenvalue weighted by Crippen LogP contribution is -2.54. The van der Waals surface area contributed by atoms with Gasteiger partial charge in [-0.3, -0.25) is 4.79 Å². The summed E-state index contributed by atoms with van der Waals surface area (Å²) in [7, 11) is 1.63. The second kappa shape index (κ2) is 9.60. The summed E-state index contributed by atoms with van der Waals surface area (Å²) in [6.07, 6.45) is -3.40. The molecule has 1 saturated heterocycles. The molecule has 11 heteroatoms. The monoisotopic (exact) mass is 455 g/mol. The molecular weight excluding hydrogens is 431 g/mol. The Bertz CT molecular complexity index is 1010. The molecule has 0 unspecified atom stereocenters. The number of aromatic nitrogens is 1. The van der Waals surface area contributed by atoms with Crippen molar-refractivity contribution >= 4 is 22.8 Å². The van der Waals surface area contributed by atoms with E-state index in [1.54, 1.807) is 7.11 Å². The van der Waals surface area contributed by atoms with Crippen LogP contribution in [-0.4, -0.2) is 72.4 Å². The SMILES string of the molecule is CCc1cc2cc3c(cc2nc1OC)C(=O)N1CCNC[C@@H]1CCO3.O=C(O)C(F)(F)F. The van der Waals surface area contributed by atoms with Gasteiger partial charge in [-0.2, -0.15) is 13.2 Å². The van der Waals surface area contributed by atoms with E-state index in [9.17, 15) is 18.0 Å². The molecule has 0 bridgehead atoms. The van der Waals surface area contributed by atoms with Crippen LogP contribution in [0.25, 0.3) is 10.9 Å². The molecule has 174 valence electrons. The van der Waals surface area contributed by atoms with Gasteiger partial charge in [-0.1, -0.05) is 6.92 Å². The number of halogens is 3.